The van der Waals surface area contributed by atoms with E-state index in [0.29, 0.717) is 38.5 Å². The summed E-state index contributed by atoms with van der Waals surface area (Å²) >= 11 is 0. The molecular weight excluding hydrogens is 536 g/mol. The molecule has 0 saturated carbocycles. The molecule has 0 bridgehead atoms. The molecule has 0 aliphatic rings. The third-order valence-corrected chi connectivity index (χ3v) is 9.86. The molecule has 42 heavy (non-hydrogen) atoms. The molecule has 0 aromatic heterocycles. The first-order chi connectivity index (χ1) is 19.2. The number of aliphatic hydroxyl groups excluding tert-OH is 1. The maximum atomic E-state index is 14.1. The van der Waals surface area contributed by atoms with Crippen LogP contribution in [0.4, 0.5) is 0 Å². The highest BCUT2D eigenvalue weighted by atomic mass is 16.5. The molecule has 0 heterocycles. The Balaban J connectivity index is 6.55. The van der Waals surface area contributed by atoms with Gasteiger partial charge in [0.2, 0.25) is 5.91 Å². The number of likely N-dealkylation sites (N-methyl/N-ethyl adjacent to an activating group) is 1. The molecule has 246 valence electrons. The number of ketones is 3. The second-order valence-electron chi connectivity index (χ2n) is 13.2. The van der Waals surface area contributed by atoms with Crippen molar-refractivity contribution in [2.24, 2.45) is 11.7 Å². The summed E-state index contributed by atoms with van der Waals surface area (Å²) in [6.07, 6.45) is 2.55. The van der Waals surface area contributed by atoms with E-state index in [1.165, 1.54) is 7.11 Å². The van der Waals surface area contributed by atoms with Gasteiger partial charge in [0, 0.05) is 12.6 Å². The van der Waals surface area contributed by atoms with Crippen LogP contribution in [0.5, 0.6) is 0 Å². The van der Waals surface area contributed by atoms with Crippen LogP contribution in [0.25, 0.3) is 0 Å². The van der Waals surface area contributed by atoms with Crippen LogP contribution in [0.3, 0.4) is 0 Å². The topological polar surface area (TPSA) is 151 Å². The van der Waals surface area contributed by atoms with Crippen LogP contribution >= 0.6 is 0 Å². The molecule has 1 amide bonds. The Morgan fingerprint density at radius 2 is 1.40 bits per heavy atom. The number of nitrogens with one attached hydrogen (secondary N) is 2. The molecule has 0 saturated heterocycles. The number of nitrogens with two attached hydrogens (primary N) is 1. The lowest BCUT2D eigenvalue weighted by Crippen LogP contribution is -2.75. The zero-order chi connectivity index (χ0) is 33.3. The summed E-state index contributed by atoms with van der Waals surface area (Å²) in [7, 11) is 3.18. The van der Waals surface area contributed by atoms with E-state index >= 15 is 0 Å². The lowest BCUT2D eigenvalue weighted by Gasteiger charge is -2.50. The van der Waals surface area contributed by atoms with Gasteiger partial charge in [-0.1, -0.05) is 48.5 Å². The number of methoxy groups -OCH3 is 1. The maximum Gasteiger partial charge on any atom is 0.237 e. The van der Waals surface area contributed by atoms with Crippen LogP contribution in [0.1, 0.15) is 115 Å². The fraction of sp³-hybridized carbons (Fsp3) is 0.875. The number of hydrogen-bond donors (Lipinski definition) is 4. The lowest BCUT2D eigenvalue weighted by molar-refractivity contribution is -0.148. The number of ether oxygens (including phenoxy) is 1. The summed E-state index contributed by atoms with van der Waals surface area (Å²) in [5.41, 5.74) is 1.44. The van der Waals surface area contributed by atoms with Gasteiger partial charge in [-0.3, -0.25) is 29.4 Å². The normalized spacial score (nSPS) is 17.7. The minimum Gasteiger partial charge on any atom is -0.389 e. The number of carbonyl (C=O) groups is 4. The number of amides is 1. The van der Waals surface area contributed by atoms with Crippen molar-refractivity contribution in [1.82, 2.24) is 15.5 Å². The van der Waals surface area contributed by atoms with Gasteiger partial charge in [-0.25, -0.2) is 0 Å². The van der Waals surface area contributed by atoms with Gasteiger partial charge in [-0.2, -0.15) is 0 Å². The van der Waals surface area contributed by atoms with Crippen LogP contribution in [0.15, 0.2) is 0 Å². The van der Waals surface area contributed by atoms with Crippen molar-refractivity contribution in [3.63, 3.8) is 0 Å². The number of nitrogens with zero attached hydrogens (tertiary/aromatic N) is 1. The first-order valence-corrected chi connectivity index (χ1v) is 15.6. The zero-order valence-corrected chi connectivity index (χ0v) is 28.8. The molecular formula is C32H62N4O6. The van der Waals surface area contributed by atoms with E-state index in [0.717, 1.165) is 0 Å². The number of carbonyl (C=O) groups excluding carboxylic acids is 4. The van der Waals surface area contributed by atoms with Crippen LogP contribution in [-0.4, -0.2) is 94.4 Å². The fourth-order valence-corrected chi connectivity index (χ4v) is 5.94. The fourth-order valence-electron chi connectivity index (χ4n) is 5.94. The summed E-state index contributed by atoms with van der Waals surface area (Å²) in [6, 6.07) is -0.732. The largest absolute Gasteiger partial charge is 0.389 e. The molecule has 10 heteroatoms. The second kappa shape index (κ2) is 15.8. The molecule has 0 spiro atoms. The van der Waals surface area contributed by atoms with Gasteiger partial charge in [0.15, 0.2) is 17.3 Å². The molecule has 0 fully saturated rings. The molecule has 10 nitrogen and oxygen atoms in total. The molecule has 0 rings (SSSR count). The predicted molar refractivity (Wildman–Crippen MR) is 168 cm³/mol. The van der Waals surface area contributed by atoms with Crippen molar-refractivity contribution in [2.75, 3.05) is 27.3 Å². The Kier molecular flexibility index (Phi) is 15.2. The second-order valence-corrected chi connectivity index (χ2v) is 13.2. The minimum atomic E-state index is -1.38. The van der Waals surface area contributed by atoms with E-state index in [1.54, 1.807) is 39.6 Å². The van der Waals surface area contributed by atoms with Crippen molar-refractivity contribution >= 4 is 23.3 Å². The van der Waals surface area contributed by atoms with E-state index in [9.17, 15) is 24.3 Å². The Hall–Kier alpha value is -1.72. The Morgan fingerprint density at radius 1 is 0.881 bits per heavy atom. The van der Waals surface area contributed by atoms with Crippen molar-refractivity contribution < 1.29 is 29.0 Å². The van der Waals surface area contributed by atoms with E-state index in [2.05, 4.69) is 10.6 Å². The van der Waals surface area contributed by atoms with Gasteiger partial charge in [0.25, 0.3) is 0 Å². The quantitative estimate of drug-likeness (QED) is 0.156. The average molecular weight is 599 g/mol. The lowest BCUT2D eigenvalue weighted by atomic mass is 9.68. The average Bonchev–Trinajstić information content (AvgIpc) is 2.96. The van der Waals surface area contributed by atoms with Crippen molar-refractivity contribution in [1.29, 1.82) is 0 Å². The van der Waals surface area contributed by atoms with Crippen molar-refractivity contribution in [3.8, 4) is 0 Å². The molecule has 4 atom stereocenters. The number of Topliss-reactive ketones (excluding diaryl/α,β-unsaturated/α-hetero) is 3. The molecule has 0 radical (unpaired) electrons. The Morgan fingerprint density at radius 3 is 1.76 bits per heavy atom. The van der Waals surface area contributed by atoms with E-state index in [-0.39, 0.29) is 35.7 Å². The number of hydrogen-bond acceptors (Lipinski definition) is 9. The SMILES string of the molecule is CCC(C)(OC)C(=O)C(C)(C)NC(=O)C(CC(C)C)NC(CC)(CC)C(N)(CC)C(=O)CN(C)C(C)(CC)C(=O)CO. The number of rotatable bonds is 21. The highest BCUT2D eigenvalue weighted by Crippen LogP contribution is 2.34. The predicted octanol–water partition coefficient (Wildman–Crippen LogP) is 3.17. The monoisotopic (exact) mass is 598 g/mol. The first kappa shape index (κ1) is 40.3. The summed E-state index contributed by atoms with van der Waals surface area (Å²) in [5, 5.41) is 16.0. The van der Waals surface area contributed by atoms with Gasteiger partial charge in [-0.15, -0.1) is 0 Å². The van der Waals surface area contributed by atoms with Gasteiger partial charge in [-0.05, 0) is 79.2 Å². The summed E-state index contributed by atoms with van der Waals surface area (Å²) in [6.45, 7) is 19.5. The van der Waals surface area contributed by atoms with Crippen LogP contribution in [0.2, 0.25) is 0 Å². The third kappa shape index (κ3) is 8.46. The van der Waals surface area contributed by atoms with Crippen molar-refractivity contribution in [3.05, 3.63) is 0 Å². The third-order valence-electron chi connectivity index (χ3n) is 9.86. The molecule has 0 aliphatic carbocycles. The Labute approximate surface area is 255 Å². The van der Waals surface area contributed by atoms with Crippen LogP contribution in [0, 0.1) is 5.92 Å². The Bertz CT molecular complexity index is 928. The maximum absolute atomic E-state index is 14.1. The highest BCUT2D eigenvalue weighted by molar-refractivity contribution is 5.98. The van der Waals surface area contributed by atoms with Gasteiger partial charge in [0.1, 0.15) is 12.2 Å². The molecule has 0 aromatic rings. The standard InChI is InChI=1S/C32H62N4O6/c1-14-29(10,25(39)21-37)36(12)20-24(38)32(33,18-5)31(16-3,17-4)34-23(19-22(6)7)26(40)35-28(8,9)27(41)30(11,15-2)42-13/h22-23,34,37H,14-21,33H2,1-13H3,(H,35,40). The molecule has 0 aromatic carbocycles. The van der Waals surface area contributed by atoms with Crippen molar-refractivity contribution in [2.45, 2.75) is 148 Å². The molecule has 5 N–H and O–H groups in total. The van der Waals surface area contributed by atoms with E-state index in [1.807, 2.05) is 48.5 Å². The molecule has 0 aliphatic heterocycles. The van der Waals surface area contributed by atoms with Gasteiger partial charge >= 0.3 is 0 Å². The van der Waals surface area contributed by atoms with Crippen LogP contribution in [-0.2, 0) is 23.9 Å². The zero-order valence-electron chi connectivity index (χ0n) is 28.8. The minimum absolute atomic E-state index is 0.0982. The number of aliphatic hydroxyl groups is 1. The van der Waals surface area contributed by atoms with E-state index < -0.39 is 40.4 Å². The van der Waals surface area contributed by atoms with E-state index in [4.69, 9.17) is 10.5 Å². The summed E-state index contributed by atoms with van der Waals surface area (Å²) < 4.78 is 5.52. The highest BCUT2D eigenvalue weighted by Gasteiger charge is 2.53. The van der Waals surface area contributed by atoms with Gasteiger partial charge in [0.05, 0.1) is 29.2 Å². The van der Waals surface area contributed by atoms with Gasteiger partial charge < -0.3 is 20.9 Å². The first-order valence-electron chi connectivity index (χ1n) is 15.6. The van der Waals surface area contributed by atoms with Crippen LogP contribution < -0.4 is 16.4 Å². The smallest absolute Gasteiger partial charge is 0.237 e. The molecule has 4 unspecified atom stereocenters. The summed E-state index contributed by atoms with van der Waals surface area (Å²) in [5.74, 6) is -1.08. The summed E-state index contributed by atoms with van der Waals surface area (Å²) in [4.78, 5) is 55.6.